The van der Waals surface area contributed by atoms with Gasteiger partial charge in [0.25, 0.3) is 5.91 Å². The van der Waals surface area contributed by atoms with Gasteiger partial charge in [0.2, 0.25) is 5.91 Å². The second-order valence-corrected chi connectivity index (χ2v) is 8.83. The van der Waals surface area contributed by atoms with Crippen molar-refractivity contribution >= 4 is 45.3 Å². The number of halogens is 1. The van der Waals surface area contributed by atoms with Crippen molar-refractivity contribution in [1.29, 1.82) is 0 Å². The lowest BCUT2D eigenvalue weighted by atomic mass is 9.94. The van der Waals surface area contributed by atoms with Crippen molar-refractivity contribution in [1.82, 2.24) is 9.88 Å². The third-order valence-corrected chi connectivity index (χ3v) is 6.50. The van der Waals surface area contributed by atoms with Gasteiger partial charge in [0.1, 0.15) is 5.82 Å². The third kappa shape index (κ3) is 5.58. The molecule has 0 radical (unpaired) electrons. The standard InChI is InChI=1S/C21H24BrN3O2S/c1-25(16-7-3-2-4-8-16)20(26)14-28-18-10-6-5-9-17(18)21(27)24-19-12-11-15(22)13-23-19/h5-6,9-13,16H,2-4,7-8,14H2,1H3,(H,23,24,27). The summed E-state index contributed by atoms with van der Waals surface area (Å²) in [6.45, 7) is 0. The van der Waals surface area contributed by atoms with Crippen LogP contribution in [0, 0.1) is 0 Å². The zero-order valence-electron chi connectivity index (χ0n) is 15.9. The lowest BCUT2D eigenvalue weighted by molar-refractivity contribution is -0.129. The molecule has 2 amide bonds. The van der Waals surface area contributed by atoms with Crippen LogP contribution in [0.4, 0.5) is 5.82 Å². The first-order chi connectivity index (χ1) is 13.5. The fraction of sp³-hybridized carbons (Fsp3) is 0.381. The van der Waals surface area contributed by atoms with E-state index in [9.17, 15) is 9.59 Å². The Bertz CT molecular complexity index is 823. The van der Waals surface area contributed by atoms with Crippen molar-refractivity contribution in [3.8, 4) is 0 Å². The topological polar surface area (TPSA) is 62.3 Å². The second kappa shape index (κ2) is 10.1. The molecule has 28 heavy (non-hydrogen) atoms. The Hall–Kier alpha value is -1.86. The molecule has 1 saturated carbocycles. The number of hydrogen-bond donors (Lipinski definition) is 1. The first-order valence-electron chi connectivity index (χ1n) is 9.45. The van der Waals surface area contributed by atoms with Gasteiger partial charge in [-0.15, -0.1) is 11.8 Å². The van der Waals surface area contributed by atoms with Gasteiger partial charge in [-0.2, -0.15) is 0 Å². The van der Waals surface area contributed by atoms with Crippen LogP contribution in [0.5, 0.6) is 0 Å². The summed E-state index contributed by atoms with van der Waals surface area (Å²) < 4.78 is 0.849. The molecule has 0 saturated heterocycles. The Morgan fingerprint density at radius 1 is 1.18 bits per heavy atom. The average Bonchev–Trinajstić information content (AvgIpc) is 2.74. The number of benzene rings is 1. The van der Waals surface area contributed by atoms with E-state index in [-0.39, 0.29) is 11.8 Å². The number of anilines is 1. The number of amides is 2. The second-order valence-electron chi connectivity index (χ2n) is 6.90. The van der Waals surface area contributed by atoms with E-state index in [2.05, 4.69) is 26.2 Å². The highest BCUT2D eigenvalue weighted by Gasteiger charge is 2.22. The number of rotatable bonds is 6. The monoisotopic (exact) mass is 461 g/mol. The fourth-order valence-electron chi connectivity index (χ4n) is 3.33. The number of thioether (sulfide) groups is 1. The number of carbonyl (C=O) groups excluding carboxylic acids is 2. The van der Waals surface area contributed by atoms with Gasteiger partial charge in [-0.25, -0.2) is 4.98 Å². The van der Waals surface area contributed by atoms with Crippen LogP contribution in [-0.4, -0.2) is 40.5 Å². The van der Waals surface area contributed by atoms with Crippen molar-refractivity contribution in [2.24, 2.45) is 0 Å². The molecule has 7 heteroatoms. The van der Waals surface area contributed by atoms with Gasteiger partial charge in [0.15, 0.2) is 0 Å². The number of nitrogens with one attached hydrogen (secondary N) is 1. The van der Waals surface area contributed by atoms with Gasteiger partial charge in [0.05, 0.1) is 11.3 Å². The molecule has 148 valence electrons. The molecule has 1 aliphatic carbocycles. The molecular formula is C21H24BrN3O2S. The Morgan fingerprint density at radius 2 is 1.93 bits per heavy atom. The normalized spacial score (nSPS) is 14.5. The zero-order valence-corrected chi connectivity index (χ0v) is 18.3. The minimum Gasteiger partial charge on any atom is -0.342 e. The van der Waals surface area contributed by atoms with E-state index < -0.39 is 0 Å². The summed E-state index contributed by atoms with van der Waals surface area (Å²) >= 11 is 4.74. The molecule has 1 aliphatic rings. The fourth-order valence-corrected chi connectivity index (χ4v) is 4.53. The maximum absolute atomic E-state index is 12.7. The van der Waals surface area contributed by atoms with Crippen LogP contribution < -0.4 is 5.32 Å². The third-order valence-electron chi connectivity index (χ3n) is 4.97. The van der Waals surface area contributed by atoms with Gasteiger partial charge < -0.3 is 10.2 Å². The van der Waals surface area contributed by atoms with Gasteiger partial charge in [-0.1, -0.05) is 31.4 Å². The zero-order chi connectivity index (χ0) is 19.9. The van der Waals surface area contributed by atoms with Crippen molar-refractivity contribution in [3.05, 3.63) is 52.6 Å². The summed E-state index contributed by atoms with van der Waals surface area (Å²) in [6.07, 6.45) is 7.47. The van der Waals surface area contributed by atoms with Crippen LogP contribution in [0.25, 0.3) is 0 Å². The lowest BCUT2D eigenvalue weighted by Gasteiger charge is -2.31. The van der Waals surface area contributed by atoms with Crippen LogP contribution in [-0.2, 0) is 4.79 Å². The van der Waals surface area contributed by atoms with Crippen LogP contribution in [0.3, 0.4) is 0 Å². The van der Waals surface area contributed by atoms with Gasteiger partial charge in [-0.05, 0) is 53.0 Å². The highest BCUT2D eigenvalue weighted by Crippen LogP contribution is 2.26. The van der Waals surface area contributed by atoms with Crippen molar-refractivity contribution in [3.63, 3.8) is 0 Å². The summed E-state index contributed by atoms with van der Waals surface area (Å²) in [5.74, 6) is 0.696. The molecule has 5 nitrogen and oxygen atoms in total. The van der Waals surface area contributed by atoms with Crippen LogP contribution in [0.1, 0.15) is 42.5 Å². The minimum absolute atomic E-state index is 0.113. The van der Waals surface area contributed by atoms with Crippen LogP contribution in [0.15, 0.2) is 52.0 Å². The molecule has 1 fully saturated rings. The number of aromatic nitrogens is 1. The summed E-state index contributed by atoms with van der Waals surface area (Å²) in [5.41, 5.74) is 0.547. The maximum Gasteiger partial charge on any atom is 0.257 e. The summed E-state index contributed by atoms with van der Waals surface area (Å²) in [6, 6.07) is 11.3. The highest BCUT2D eigenvalue weighted by atomic mass is 79.9. The van der Waals surface area contributed by atoms with E-state index in [1.807, 2.05) is 36.2 Å². The molecule has 0 unspecified atom stereocenters. The van der Waals surface area contributed by atoms with E-state index >= 15 is 0 Å². The van der Waals surface area contributed by atoms with Crippen LogP contribution in [0.2, 0.25) is 0 Å². The Kier molecular flexibility index (Phi) is 7.50. The molecule has 3 rings (SSSR count). The number of carbonyl (C=O) groups is 2. The molecule has 1 aromatic carbocycles. The molecule has 0 atom stereocenters. The average molecular weight is 462 g/mol. The highest BCUT2D eigenvalue weighted by molar-refractivity contribution is 9.10. The van der Waals surface area contributed by atoms with E-state index in [0.717, 1.165) is 22.2 Å². The molecule has 0 spiro atoms. The summed E-state index contributed by atoms with van der Waals surface area (Å²) in [7, 11) is 1.90. The number of nitrogens with zero attached hydrogens (tertiary/aromatic N) is 2. The summed E-state index contributed by atoms with van der Waals surface area (Å²) in [4.78, 5) is 32.1. The van der Waals surface area contributed by atoms with E-state index in [4.69, 9.17) is 0 Å². The molecule has 0 aliphatic heterocycles. The Labute approximate surface area is 178 Å². The molecule has 0 bridgehead atoms. The largest absolute Gasteiger partial charge is 0.342 e. The molecule has 1 heterocycles. The Morgan fingerprint density at radius 3 is 2.64 bits per heavy atom. The maximum atomic E-state index is 12.7. The van der Waals surface area contributed by atoms with Crippen LogP contribution >= 0.6 is 27.7 Å². The Balaban J connectivity index is 1.62. The van der Waals surface area contributed by atoms with Gasteiger partial charge >= 0.3 is 0 Å². The van der Waals surface area contributed by atoms with E-state index in [1.165, 1.54) is 31.0 Å². The molecule has 2 aromatic rings. The van der Waals surface area contributed by atoms with Crippen molar-refractivity contribution < 1.29 is 9.59 Å². The lowest BCUT2D eigenvalue weighted by Crippen LogP contribution is -2.39. The number of hydrogen-bond acceptors (Lipinski definition) is 4. The molecule has 1 aromatic heterocycles. The predicted octanol–water partition coefficient (Wildman–Crippen LogP) is 4.98. The quantitative estimate of drug-likeness (QED) is 0.616. The first kappa shape index (κ1) is 20.9. The van der Waals surface area contributed by atoms with Gasteiger partial charge in [0, 0.05) is 28.7 Å². The van der Waals surface area contributed by atoms with E-state index in [0.29, 0.717) is 23.2 Å². The smallest absolute Gasteiger partial charge is 0.257 e. The first-order valence-corrected chi connectivity index (χ1v) is 11.2. The molecular weight excluding hydrogens is 438 g/mol. The van der Waals surface area contributed by atoms with Crippen molar-refractivity contribution in [2.75, 3.05) is 18.1 Å². The predicted molar refractivity (Wildman–Crippen MR) is 117 cm³/mol. The summed E-state index contributed by atoms with van der Waals surface area (Å²) in [5, 5.41) is 2.81. The number of pyridine rings is 1. The molecule has 1 N–H and O–H groups in total. The van der Waals surface area contributed by atoms with E-state index in [1.54, 1.807) is 18.3 Å². The van der Waals surface area contributed by atoms with Crippen molar-refractivity contribution in [2.45, 2.75) is 43.0 Å². The SMILES string of the molecule is CN(C(=O)CSc1ccccc1C(=O)Nc1ccc(Br)cn1)C1CCCCC1. The van der Waals surface area contributed by atoms with Gasteiger partial charge in [-0.3, -0.25) is 9.59 Å². The minimum atomic E-state index is -0.231.